The summed E-state index contributed by atoms with van der Waals surface area (Å²) in [5.74, 6) is 0. The Bertz CT molecular complexity index is 451. The third kappa shape index (κ3) is 14.0. The maximum absolute atomic E-state index is 6.97. The molecule has 0 atom stereocenters. The highest BCUT2D eigenvalue weighted by Crippen LogP contribution is 2.29. The fraction of sp³-hybridized carbons (Fsp3) is 1.00. The molecule has 0 aliphatic rings. The number of rotatable bonds is 19. The van der Waals surface area contributed by atoms with Crippen LogP contribution in [0.4, 0.5) is 0 Å². The molecule has 0 fully saturated rings. The first-order valence-electron chi connectivity index (χ1n) is 12.9. The van der Waals surface area contributed by atoms with Crippen LogP contribution in [0.1, 0.15) is 46.5 Å². The van der Waals surface area contributed by atoms with Gasteiger partial charge in [0.1, 0.15) is 0 Å². The minimum Gasteiger partial charge on any atom is -0.456 e. The van der Waals surface area contributed by atoms with E-state index in [4.69, 9.17) is 17.4 Å². The SMILES string of the molecule is CCCO[Si](CCC[Si](C)(C)O[Si](C)(C)CC[Si](C)(C)[SiH](C)C)(OCCC)OCCC. The molecule has 0 saturated heterocycles. The normalized spacial score (nSPS) is 13.9. The Morgan fingerprint density at radius 1 is 0.581 bits per heavy atom. The molecule has 0 heterocycles. The Morgan fingerprint density at radius 3 is 1.39 bits per heavy atom. The van der Waals surface area contributed by atoms with Gasteiger partial charge in [0.15, 0.2) is 16.6 Å². The molecule has 0 aromatic rings. The standard InChI is InChI=1S/C22H56O4Si5/c1-12-16-23-31(24-17-13-2,25-18-14-3)20-15-19-28(6,7)26-29(8,9)21-22-30(10,11)27(4)5/h27H,12-22H2,1-11H3. The first-order valence-corrected chi connectivity index (χ1v) is 28.4. The summed E-state index contributed by atoms with van der Waals surface area (Å²) in [5, 5.41) is 0. The van der Waals surface area contributed by atoms with Gasteiger partial charge in [-0.2, -0.15) is 0 Å². The zero-order chi connectivity index (χ0) is 24.2. The Kier molecular flexibility index (Phi) is 15.5. The summed E-state index contributed by atoms with van der Waals surface area (Å²) >= 11 is 0. The van der Waals surface area contributed by atoms with Crippen LogP contribution in [0, 0.1) is 0 Å². The van der Waals surface area contributed by atoms with Gasteiger partial charge >= 0.3 is 8.80 Å². The Morgan fingerprint density at radius 2 is 1.00 bits per heavy atom. The minimum absolute atomic E-state index is 0.510. The molecule has 31 heavy (non-hydrogen) atoms. The molecule has 188 valence electrons. The second-order valence-electron chi connectivity index (χ2n) is 11.3. The number of hydrogen-bond donors (Lipinski definition) is 0. The first kappa shape index (κ1) is 31.9. The van der Waals surface area contributed by atoms with Gasteiger partial charge in [-0.1, -0.05) is 53.0 Å². The maximum Gasteiger partial charge on any atom is 0.500 e. The van der Waals surface area contributed by atoms with E-state index in [1.807, 2.05) is 0 Å². The van der Waals surface area contributed by atoms with E-state index in [1.54, 1.807) is 0 Å². The third-order valence-corrected chi connectivity index (χ3v) is 32.1. The summed E-state index contributed by atoms with van der Waals surface area (Å²) < 4.78 is 25.8. The third-order valence-electron chi connectivity index (χ3n) is 6.33. The van der Waals surface area contributed by atoms with Crippen molar-refractivity contribution in [3.8, 4) is 0 Å². The van der Waals surface area contributed by atoms with Crippen molar-refractivity contribution in [2.24, 2.45) is 0 Å². The van der Waals surface area contributed by atoms with Crippen molar-refractivity contribution < 1.29 is 17.4 Å². The highest BCUT2D eigenvalue weighted by Gasteiger charge is 2.42. The largest absolute Gasteiger partial charge is 0.500 e. The van der Waals surface area contributed by atoms with Crippen LogP contribution < -0.4 is 0 Å². The van der Waals surface area contributed by atoms with Gasteiger partial charge in [0, 0.05) is 41.8 Å². The quantitative estimate of drug-likeness (QED) is 0.166. The van der Waals surface area contributed by atoms with Gasteiger partial charge < -0.3 is 17.4 Å². The lowest BCUT2D eigenvalue weighted by molar-refractivity contribution is 0.0590. The van der Waals surface area contributed by atoms with Crippen LogP contribution in [-0.4, -0.2) is 61.2 Å². The summed E-state index contributed by atoms with van der Waals surface area (Å²) in [7, 11) is -7.41. The van der Waals surface area contributed by atoms with Crippen LogP contribution in [-0.2, 0) is 17.4 Å². The summed E-state index contributed by atoms with van der Waals surface area (Å²) in [6.07, 6.45) is 4.09. The molecule has 0 aliphatic heterocycles. The van der Waals surface area contributed by atoms with Gasteiger partial charge in [0.25, 0.3) is 0 Å². The lowest BCUT2D eigenvalue weighted by atomic mass is 10.5. The average Bonchev–Trinajstić information content (AvgIpc) is 2.66. The predicted octanol–water partition coefficient (Wildman–Crippen LogP) is 7.30. The first-order chi connectivity index (χ1) is 14.2. The van der Waals surface area contributed by atoms with E-state index in [-0.39, 0.29) is 0 Å². The number of hydrogen-bond acceptors (Lipinski definition) is 4. The van der Waals surface area contributed by atoms with Crippen LogP contribution in [0.15, 0.2) is 0 Å². The smallest absolute Gasteiger partial charge is 0.456 e. The zero-order valence-corrected chi connectivity index (χ0v) is 28.1. The van der Waals surface area contributed by atoms with E-state index < -0.39 is 41.3 Å². The molecule has 9 heteroatoms. The van der Waals surface area contributed by atoms with Crippen molar-refractivity contribution in [2.75, 3.05) is 19.8 Å². The van der Waals surface area contributed by atoms with Crippen molar-refractivity contribution in [3.05, 3.63) is 0 Å². The van der Waals surface area contributed by atoms with Crippen molar-refractivity contribution in [2.45, 2.75) is 123 Å². The Balaban J connectivity index is 4.94. The lowest BCUT2D eigenvalue weighted by Gasteiger charge is -2.37. The van der Waals surface area contributed by atoms with E-state index in [0.717, 1.165) is 51.5 Å². The fourth-order valence-electron chi connectivity index (χ4n) is 3.61. The average molecular weight is 525 g/mol. The van der Waals surface area contributed by atoms with E-state index in [9.17, 15) is 0 Å². The van der Waals surface area contributed by atoms with E-state index in [2.05, 4.69) is 73.1 Å². The van der Waals surface area contributed by atoms with Gasteiger partial charge in [0.05, 0.1) is 0 Å². The summed E-state index contributed by atoms with van der Waals surface area (Å²) in [6, 6.07) is 4.88. The van der Waals surface area contributed by atoms with Crippen LogP contribution in [0.5, 0.6) is 0 Å². The van der Waals surface area contributed by atoms with Crippen molar-refractivity contribution in [1.29, 1.82) is 0 Å². The van der Waals surface area contributed by atoms with Gasteiger partial charge in [-0.05, 0) is 64.0 Å². The topological polar surface area (TPSA) is 36.9 Å². The van der Waals surface area contributed by atoms with Gasteiger partial charge in [-0.3, -0.25) is 0 Å². The predicted molar refractivity (Wildman–Crippen MR) is 151 cm³/mol. The highest BCUT2D eigenvalue weighted by molar-refractivity contribution is 7.31. The van der Waals surface area contributed by atoms with Crippen LogP contribution >= 0.6 is 0 Å². The molecule has 0 N–H and O–H groups in total. The van der Waals surface area contributed by atoms with E-state index >= 15 is 0 Å². The monoisotopic (exact) mass is 524 g/mol. The second kappa shape index (κ2) is 15.0. The molecule has 0 spiro atoms. The molecule has 0 aromatic carbocycles. The maximum atomic E-state index is 6.97. The van der Waals surface area contributed by atoms with Crippen molar-refractivity contribution in [3.63, 3.8) is 0 Å². The molecule has 0 rings (SSSR count). The molecule has 0 saturated carbocycles. The molecule has 0 amide bonds. The molecule has 0 unspecified atom stereocenters. The summed E-state index contributed by atoms with van der Waals surface area (Å²) in [4.78, 5) is 0. The van der Waals surface area contributed by atoms with Crippen LogP contribution in [0.25, 0.3) is 0 Å². The molecular formula is C22H56O4Si5. The minimum atomic E-state index is -2.58. The molecule has 0 aromatic heterocycles. The van der Waals surface area contributed by atoms with E-state index in [0.29, 0.717) is 0 Å². The lowest BCUT2D eigenvalue weighted by Crippen LogP contribution is -2.49. The summed E-state index contributed by atoms with van der Waals surface area (Å²) in [6.45, 7) is 28.7. The Hall–Kier alpha value is 0.924. The van der Waals surface area contributed by atoms with Crippen molar-refractivity contribution >= 4 is 41.3 Å². The zero-order valence-electron chi connectivity index (χ0n) is 23.0. The molecular weight excluding hydrogens is 469 g/mol. The molecule has 4 nitrogen and oxygen atoms in total. The van der Waals surface area contributed by atoms with Crippen LogP contribution in [0.2, 0.25) is 76.6 Å². The van der Waals surface area contributed by atoms with Crippen molar-refractivity contribution in [1.82, 2.24) is 0 Å². The highest BCUT2D eigenvalue weighted by atomic mass is 29.2. The Labute approximate surface area is 201 Å². The van der Waals surface area contributed by atoms with Gasteiger partial charge in [0.2, 0.25) is 0 Å². The summed E-state index contributed by atoms with van der Waals surface area (Å²) in [5.41, 5.74) is 0. The molecule has 0 radical (unpaired) electrons. The second-order valence-corrected chi connectivity index (χ2v) is 37.9. The van der Waals surface area contributed by atoms with Gasteiger partial charge in [-0.15, -0.1) is 0 Å². The molecule has 0 bridgehead atoms. The van der Waals surface area contributed by atoms with E-state index in [1.165, 1.54) is 18.1 Å². The van der Waals surface area contributed by atoms with Gasteiger partial charge in [-0.25, -0.2) is 0 Å². The van der Waals surface area contributed by atoms with Crippen LogP contribution in [0.3, 0.4) is 0 Å². The molecule has 0 aliphatic carbocycles. The fourth-order valence-corrected chi connectivity index (χ4v) is 23.2.